The van der Waals surface area contributed by atoms with E-state index in [9.17, 15) is 15.0 Å². The van der Waals surface area contributed by atoms with Gasteiger partial charge in [-0.2, -0.15) is 0 Å². The molecule has 4 heteroatoms. The number of nitrogens with one attached hydrogen (secondary N) is 1. The number of aliphatic hydroxyl groups is 2. The number of carbonyl (C=O) groups excluding carboxylic acids is 1. The van der Waals surface area contributed by atoms with Crippen LogP contribution in [0.25, 0.3) is 0 Å². The highest BCUT2D eigenvalue weighted by Crippen LogP contribution is 2.18. The summed E-state index contributed by atoms with van der Waals surface area (Å²) in [6, 6.07) is -0.637. The molecule has 0 aliphatic heterocycles. The number of hydrogen-bond acceptors (Lipinski definition) is 3. The van der Waals surface area contributed by atoms with Crippen LogP contribution in [0.15, 0.2) is 36.5 Å². The first-order valence-electron chi connectivity index (χ1n) is 32.7. The quantitative estimate of drug-likeness (QED) is 0.0420. The second-order valence-electron chi connectivity index (χ2n) is 22.5. The molecule has 0 aliphatic rings. The zero-order valence-electron chi connectivity index (χ0n) is 48.5. The molecule has 0 rings (SSSR count). The van der Waals surface area contributed by atoms with Crippen LogP contribution in [0.5, 0.6) is 0 Å². The lowest BCUT2D eigenvalue weighted by molar-refractivity contribution is -0.123. The fraction of sp³-hybridized carbons (Fsp3) is 0.896. The lowest BCUT2D eigenvalue weighted by atomic mass is 10.0. The van der Waals surface area contributed by atoms with E-state index in [4.69, 9.17) is 0 Å². The highest BCUT2D eigenvalue weighted by Gasteiger charge is 2.18. The fourth-order valence-corrected chi connectivity index (χ4v) is 10.4. The van der Waals surface area contributed by atoms with Gasteiger partial charge in [-0.1, -0.05) is 339 Å². The summed E-state index contributed by atoms with van der Waals surface area (Å²) in [5, 5.41) is 23.2. The van der Waals surface area contributed by atoms with Gasteiger partial charge in [0.2, 0.25) is 5.91 Å². The van der Waals surface area contributed by atoms with Crippen molar-refractivity contribution in [3.8, 4) is 0 Å². The van der Waals surface area contributed by atoms with Crippen LogP contribution in [0.3, 0.4) is 0 Å². The summed E-state index contributed by atoms with van der Waals surface area (Å²) in [5.74, 6) is -0.0666. The van der Waals surface area contributed by atoms with Crippen molar-refractivity contribution in [3.05, 3.63) is 36.5 Å². The molecule has 0 radical (unpaired) electrons. The van der Waals surface area contributed by atoms with Crippen LogP contribution in [0.4, 0.5) is 0 Å². The normalized spacial score (nSPS) is 12.9. The standard InChI is InChI=1S/C67H129NO3/c1-3-5-7-9-11-13-15-17-19-21-23-24-25-26-27-28-29-30-31-32-33-34-35-36-37-38-39-40-41-42-43-44-45-47-49-51-53-55-57-59-61-63-67(71)68-65(64-69)66(70)62-60-58-56-54-52-50-48-46-22-20-18-16-14-12-10-8-6-4-2/h21,23,52,54,60,62,65-66,69-70H,3-20,22,24-51,53,55-59,61,63-64H2,1-2H3,(H,68,71)/b23-21-,54-52+,62-60+. The van der Waals surface area contributed by atoms with Gasteiger partial charge in [-0.3, -0.25) is 4.79 Å². The van der Waals surface area contributed by atoms with Crippen molar-refractivity contribution >= 4 is 5.91 Å². The largest absolute Gasteiger partial charge is 0.394 e. The summed E-state index contributed by atoms with van der Waals surface area (Å²) in [4.78, 5) is 12.5. The Morgan fingerprint density at radius 3 is 0.817 bits per heavy atom. The Kier molecular flexibility index (Phi) is 61.7. The van der Waals surface area contributed by atoms with Crippen molar-refractivity contribution in [3.63, 3.8) is 0 Å². The summed E-state index contributed by atoms with van der Waals surface area (Å²) in [6.45, 7) is 4.33. The Bertz CT molecular complexity index is 1080. The van der Waals surface area contributed by atoms with Gasteiger partial charge in [-0.25, -0.2) is 0 Å². The first-order valence-corrected chi connectivity index (χ1v) is 32.7. The van der Waals surface area contributed by atoms with Crippen molar-refractivity contribution in [2.75, 3.05) is 6.61 Å². The molecule has 0 bridgehead atoms. The molecule has 1 amide bonds. The van der Waals surface area contributed by atoms with E-state index in [1.54, 1.807) is 6.08 Å². The lowest BCUT2D eigenvalue weighted by Gasteiger charge is -2.19. The summed E-state index contributed by atoms with van der Waals surface area (Å²) in [5.41, 5.74) is 0. The Morgan fingerprint density at radius 2 is 0.549 bits per heavy atom. The highest BCUT2D eigenvalue weighted by molar-refractivity contribution is 5.76. The first kappa shape index (κ1) is 69.6. The van der Waals surface area contributed by atoms with Crippen molar-refractivity contribution in [1.82, 2.24) is 5.32 Å². The smallest absolute Gasteiger partial charge is 0.220 e. The molecule has 0 spiro atoms. The van der Waals surface area contributed by atoms with E-state index in [-0.39, 0.29) is 12.5 Å². The molecule has 2 atom stereocenters. The van der Waals surface area contributed by atoms with Crippen molar-refractivity contribution in [1.29, 1.82) is 0 Å². The van der Waals surface area contributed by atoms with Gasteiger partial charge >= 0.3 is 0 Å². The number of amides is 1. The maximum absolute atomic E-state index is 12.5. The summed E-state index contributed by atoms with van der Waals surface area (Å²) in [6.07, 6.45) is 86.6. The van der Waals surface area contributed by atoms with Crippen molar-refractivity contribution < 1.29 is 15.0 Å². The van der Waals surface area contributed by atoms with E-state index in [1.165, 1.54) is 315 Å². The number of unbranched alkanes of at least 4 members (excludes halogenated alkanes) is 50. The second-order valence-corrected chi connectivity index (χ2v) is 22.5. The Balaban J connectivity index is 3.38. The molecule has 0 saturated heterocycles. The molecule has 0 heterocycles. The summed E-state index contributed by atoms with van der Waals surface area (Å²) in [7, 11) is 0. The fourth-order valence-electron chi connectivity index (χ4n) is 10.4. The van der Waals surface area contributed by atoms with Crippen molar-refractivity contribution in [2.45, 2.75) is 379 Å². The minimum absolute atomic E-state index is 0.0666. The number of rotatable bonds is 61. The number of allylic oxidation sites excluding steroid dienone is 5. The van der Waals surface area contributed by atoms with Crippen LogP contribution < -0.4 is 5.32 Å². The molecule has 2 unspecified atom stereocenters. The molecule has 0 aliphatic carbocycles. The highest BCUT2D eigenvalue weighted by atomic mass is 16.3. The SMILES string of the molecule is CCCCCCCCCC/C=C\CCCCCCCCCCCCCCCCCCCCCCCCCCCCCCCC(=O)NC(CO)C(O)/C=C/CC/C=C/CCCCCCCCCCCCCC. The minimum Gasteiger partial charge on any atom is -0.394 e. The first-order chi connectivity index (χ1) is 35.2. The van der Waals surface area contributed by atoms with Crippen LogP contribution in [0.2, 0.25) is 0 Å². The van der Waals surface area contributed by atoms with Gasteiger partial charge in [-0.15, -0.1) is 0 Å². The average molecular weight is 997 g/mol. The molecule has 0 aromatic carbocycles. The van der Waals surface area contributed by atoms with E-state index >= 15 is 0 Å². The van der Waals surface area contributed by atoms with Crippen LogP contribution in [0, 0.1) is 0 Å². The number of hydrogen-bond donors (Lipinski definition) is 3. The van der Waals surface area contributed by atoms with Gasteiger partial charge < -0.3 is 15.5 Å². The predicted molar refractivity (Wildman–Crippen MR) is 318 cm³/mol. The molecule has 0 aromatic rings. The third-order valence-electron chi connectivity index (χ3n) is 15.3. The van der Waals surface area contributed by atoms with Crippen LogP contribution in [-0.2, 0) is 4.79 Å². The monoisotopic (exact) mass is 996 g/mol. The van der Waals surface area contributed by atoms with E-state index in [0.29, 0.717) is 6.42 Å². The third-order valence-corrected chi connectivity index (χ3v) is 15.3. The molecule has 0 saturated carbocycles. The van der Waals surface area contributed by atoms with Gasteiger partial charge in [0.15, 0.2) is 0 Å². The Hall–Kier alpha value is -1.39. The zero-order chi connectivity index (χ0) is 51.3. The second kappa shape index (κ2) is 62.9. The van der Waals surface area contributed by atoms with Gasteiger partial charge in [0.25, 0.3) is 0 Å². The van der Waals surface area contributed by atoms with Crippen LogP contribution in [-0.4, -0.2) is 34.9 Å². The molecule has 0 fully saturated rings. The third kappa shape index (κ3) is 59.4. The van der Waals surface area contributed by atoms with Gasteiger partial charge in [0.1, 0.15) is 0 Å². The van der Waals surface area contributed by atoms with Crippen LogP contribution in [0.1, 0.15) is 367 Å². The maximum atomic E-state index is 12.5. The van der Waals surface area contributed by atoms with E-state index in [2.05, 4.69) is 43.5 Å². The molecule has 71 heavy (non-hydrogen) atoms. The average Bonchev–Trinajstić information content (AvgIpc) is 3.37. The zero-order valence-corrected chi connectivity index (χ0v) is 48.5. The summed E-state index contributed by atoms with van der Waals surface area (Å²) >= 11 is 0. The van der Waals surface area contributed by atoms with Gasteiger partial charge in [0, 0.05) is 6.42 Å². The molecular weight excluding hydrogens is 867 g/mol. The Labute approximate surface area is 446 Å². The lowest BCUT2D eigenvalue weighted by Crippen LogP contribution is -2.45. The van der Waals surface area contributed by atoms with Crippen molar-refractivity contribution in [2.24, 2.45) is 0 Å². The van der Waals surface area contributed by atoms with Gasteiger partial charge in [-0.05, 0) is 57.8 Å². The number of aliphatic hydroxyl groups excluding tert-OH is 2. The van der Waals surface area contributed by atoms with E-state index in [0.717, 1.165) is 32.1 Å². The Morgan fingerprint density at radius 1 is 0.324 bits per heavy atom. The van der Waals surface area contributed by atoms with E-state index < -0.39 is 12.1 Å². The molecule has 0 aromatic heterocycles. The van der Waals surface area contributed by atoms with Gasteiger partial charge in [0.05, 0.1) is 18.8 Å². The van der Waals surface area contributed by atoms with E-state index in [1.807, 2.05) is 6.08 Å². The molecule has 4 nitrogen and oxygen atoms in total. The summed E-state index contributed by atoms with van der Waals surface area (Å²) < 4.78 is 0. The minimum atomic E-state index is -0.861. The molecule has 3 N–H and O–H groups in total. The van der Waals surface area contributed by atoms with Crippen LogP contribution >= 0.6 is 0 Å². The number of carbonyl (C=O) groups is 1. The topological polar surface area (TPSA) is 69.6 Å². The predicted octanol–water partition coefficient (Wildman–Crippen LogP) is 22.0. The molecule has 420 valence electrons. The molecular formula is C67H129NO3. The maximum Gasteiger partial charge on any atom is 0.220 e.